The van der Waals surface area contributed by atoms with E-state index in [9.17, 15) is 0 Å². The van der Waals surface area contributed by atoms with Crippen LogP contribution in [0.4, 0.5) is 0 Å². The number of furan rings is 1. The Morgan fingerprint density at radius 2 is 1.95 bits per heavy atom. The molecule has 2 rings (SSSR count). The fraction of sp³-hybridized carbons (Fsp3) is 0.333. The molecule has 0 aliphatic heterocycles. The van der Waals surface area contributed by atoms with Gasteiger partial charge in [-0.2, -0.15) is 0 Å². The van der Waals surface area contributed by atoms with Gasteiger partial charge in [0.2, 0.25) is 0 Å². The van der Waals surface area contributed by atoms with Crippen LogP contribution in [0.25, 0.3) is 0 Å². The van der Waals surface area contributed by atoms with Crippen LogP contribution in [0.5, 0.6) is 0 Å². The van der Waals surface area contributed by atoms with Gasteiger partial charge in [0.05, 0.1) is 12.6 Å². The molecule has 0 saturated carbocycles. The van der Waals surface area contributed by atoms with Crippen LogP contribution in [0.2, 0.25) is 0 Å². The highest BCUT2D eigenvalue weighted by atomic mass is 79.9. The van der Waals surface area contributed by atoms with Gasteiger partial charge in [-0.3, -0.25) is 0 Å². The number of benzene rings is 1. The largest absolute Gasteiger partial charge is 0.452 e. The van der Waals surface area contributed by atoms with Gasteiger partial charge < -0.3 is 14.5 Å². The number of nitrogens with one attached hydrogen (secondary N) is 1. The Balaban J connectivity index is 2.15. The summed E-state index contributed by atoms with van der Waals surface area (Å²) in [5.74, 6) is 0.902. The number of hydrogen-bond acceptors (Lipinski definition) is 3. The first-order valence-corrected chi connectivity index (χ1v) is 7.04. The zero-order valence-corrected chi connectivity index (χ0v) is 12.7. The summed E-state index contributed by atoms with van der Waals surface area (Å²) in [4.78, 5) is 0. The van der Waals surface area contributed by atoms with Crippen LogP contribution in [0.15, 0.2) is 45.5 Å². The Morgan fingerprint density at radius 3 is 2.47 bits per heavy atom. The first kappa shape index (κ1) is 14.3. The molecule has 0 aliphatic rings. The lowest BCUT2D eigenvalue weighted by Crippen LogP contribution is -2.16. The van der Waals surface area contributed by atoms with Crippen molar-refractivity contribution in [3.05, 3.63) is 58.0 Å². The lowest BCUT2D eigenvalue weighted by Gasteiger charge is -2.14. The first-order chi connectivity index (χ1) is 9.24. The molecule has 0 bridgehead atoms. The van der Waals surface area contributed by atoms with Gasteiger partial charge in [-0.05, 0) is 52.7 Å². The predicted octanol–water partition coefficient (Wildman–Crippen LogP) is 3.54. The van der Waals surface area contributed by atoms with Crippen molar-refractivity contribution in [2.45, 2.75) is 12.5 Å². The summed E-state index contributed by atoms with van der Waals surface area (Å²) in [5, 5.41) is 3.27. The van der Waals surface area contributed by atoms with Gasteiger partial charge in [0, 0.05) is 7.11 Å². The zero-order valence-electron chi connectivity index (χ0n) is 11.2. The van der Waals surface area contributed by atoms with Crippen LogP contribution in [-0.2, 0) is 11.2 Å². The molecule has 1 atom stereocenters. The van der Waals surface area contributed by atoms with Gasteiger partial charge in [0.25, 0.3) is 0 Å². The van der Waals surface area contributed by atoms with Crippen molar-refractivity contribution in [3.63, 3.8) is 0 Å². The minimum atomic E-state index is 0.0720. The molecule has 102 valence electrons. The molecule has 19 heavy (non-hydrogen) atoms. The fourth-order valence-electron chi connectivity index (χ4n) is 2.05. The summed E-state index contributed by atoms with van der Waals surface area (Å²) in [5.41, 5.74) is 2.46. The van der Waals surface area contributed by atoms with Crippen molar-refractivity contribution in [2.24, 2.45) is 0 Å². The van der Waals surface area contributed by atoms with Crippen molar-refractivity contribution in [3.8, 4) is 0 Å². The minimum Gasteiger partial charge on any atom is -0.452 e. The van der Waals surface area contributed by atoms with Gasteiger partial charge >= 0.3 is 0 Å². The van der Waals surface area contributed by atoms with E-state index < -0.39 is 0 Å². The van der Waals surface area contributed by atoms with Crippen molar-refractivity contribution in [1.82, 2.24) is 5.32 Å². The second kappa shape index (κ2) is 6.89. The summed E-state index contributed by atoms with van der Waals surface area (Å²) in [6.07, 6.45) is 0.938. The molecule has 1 N–H and O–H groups in total. The van der Waals surface area contributed by atoms with E-state index in [0.717, 1.165) is 23.5 Å². The number of hydrogen-bond donors (Lipinski definition) is 1. The van der Waals surface area contributed by atoms with Crippen LogP contribution >= 0.6 is 15.9 Å². The van der Waals surface area contributed by atoms with Gasteiger partial charge in [-0.1, -0.05) is 24.3 Å². The molecule has 0 saturated heterocycles. The average molecular weight is 324 g/mol. The number of methoxy groups -OCH3 is 1. The first-order valence-electron chi connectivity index (χ1n) is 6.25. The van der Waals surface area contributed by atoms with Crippen LogP contribution in [-0.4, -0.2) is 20.8 Å². The summed E-state index contributed by atoms with van der Waals surface area (Å²) in [6, 6.07) is 12.5. The Morgan fingerprint density at radius 1 is 1.21 bits per heavy atom. The van der Waals surface area contributed by atoms with E-state index in [0.29, 0.717) is 0 Å². The van der Waals surface area contributed by atoms with Crippen molar-refractivity contribution in [1.29, 1.82) is 0 Å². The SMILES string of the molecule is CNC(c1ccc(CCOC)cc1)c1ccc(Br)o1. The summed E-state index contributed by atoms with van der Waals surface area (Å²) >= 11 is 3.33. The molecule has 0 spiro atoms. The summed E-state index contributed by atoms with van der Waals surface area (Å²) in [7, 11) is 3.65. The standard InChI is InChI=1S/C15H18BrNO2/c1-17-15(13-7-8-14(16)19-13)12-5-3-11(4-6-12)9-10-18-2/h3-8,15,17H,9-10H2,1-2H3. The minimum absolute atomic E-state index is 0.0720. The monoisotopic (exact) mass is 323 g/mol. The summed E-state index contributed by atoms with van der Waals surface area (Å²) < 4.78 is 11.5. The quantitative estimate of drug-likeness (QED) is 0.882. The van der Waals surface area contributed by atoms with Crippen LogP contribution in [0.1, 0.15) is 22.9 Å². The van der Waals surface area contributed by atoms with Gasteiger partial charge in [-0.15, -0.1) is 0 Å². The van der Waals surface area contributed by atoms with E-state index in [2.05, 4.69) is 45.5 Å². The van der Waals surface area contributed by atoms with E-state index in [1.165, 1.54) is 11.1 Å². The molecule has 0 radical (unpaired) electrons. The number of ether oxygens (including phenoxy) is 1. The topological polar surface area (TPSA) is 34.4 Å². The van der Waals surface area contributed by atoms with E-state index in [4.69, 9.17) is 9.15 Å². The van der Waals surface area contributed by atoms with Crippen molar-refractivity contribution in [2.75, 3.05) is 20.8 Å². The third-order valence-electron chi connectivity index (χ3n) is 3.08. The smallest absolute Gasteiger partial charge is 0.169 e. The average Bonchev–Trinajstić information content (AvgIpc) is 2.85. The predicted molar refractivity (Wildman–Crippen MR) is 79.3 cm³/mol. The third kappa shape index (κ3) is 3.69. The molecular weight excluding hydrogens is 306 g/mol. The molecule has 1 aromatic carbocycles. The van der Waals surface area contributed by atoms with Gasteiger partial charge in [0.15, 0.2) is 4.67 Å². The zero-order chi connectivity index (χ0) is 13.7. The van der Waals surface area contributed by atoms with E-state index >= 15 is 0 Å². The lowest BCUT2D eigenvalue weighted by atomic mass is 10.0. The van der Waals surface area contributed by atoms with E-state index in [1.54, 1.807) is 7.11 Å². The lowest BCUT2D eigenvalue weighted by molar-refractivity contribution is 0.202. The Hall–Kier alpha value is -1.10. The summed E-state index contributed by atoms with van der Waals surface area (Å²) in [6.45, 7) is 0.750. The Bertz CT molecular complexity index is 507. The number of halogens is 1. The number of rotatable bonds is 6. The maximum absolute atomic E-state index is 5.62. The maximum atomic E-state index is 5.62. The maximum Gasteiger partial charge on any atom is 0.169 e. The highest BCUT2D eigenvalue weighted by molar-refractivity contribution is 9.10. The van der Waals surface area contributed by atoms with Gasteiger partial charge in [-0.25, -0.2) is 0 Å². The normalized spacial score (nSPS) is 12.6. The molecular formula is C15H18BrNO2. The van der Waals surface area contributed by atoms with Crippen molar-refractivity contribution < 1.29 is 9.15 Å². The van der Waals surface area contributed by atoms with Crippen molar-refractivity contribution >= 4 is 15.9 Å². The molecule has 2 aromatic rings. The van der Waals surface area contributed by atoms with Crippen LogP contribution < -0.4 is 5.32 Å². The van der Waals surface area contributed by atoms with E-state index in [-0.39, 0.29) is 6.04 Å². The highest BCUT2D eigenvalue weighted by Crippen LogP contribution is 2.26. The molecule has 0 amide bonds. The Labute approximate surface area is 122 Å². The van der Waals surface area contributed by atoms with Gasteiger partial charge in [0.1, 0.15) is 5.76 Å². The molecule has 1 unspecified atom stereocenters. The molecule has 1 aromatic heterocycles. The molecule has 0 aliphatic carbocycles. The third-order valence-corrected chi connectivity index (χ3v) is 3.50. The molecule has 4 heteroatoms. The molecule has 1 heterocycles. The molecule has 3 nitrogen and oxygen atoms in total. The van der Waals surface area contributed by atoms with E-state index in [1.807, 2.05) is 19.2 Å². The highest BCUT2D eigenvalue weighted by Gasteiger charge is 2.15. The van der Waals surface area contributed by atoms with Crippen LogP contribution in [0, 0.1) is 0 Å². The second-order valence-electron chi connectivity index (χ2n) is 4.35. The fourth-order valence-corrected chi connectivity index (χ4v) is 2.37. The second-order valence-corrected chi connectivity index (χ2v) is 5.13. The molecule has 0 fully saturated rings. The van der Waals surface area contributed by atoms with Crippen LogP contribution in [0.3, 0.4) is 0 Å². The Kier molecular flexibility index (Phi) is 5.19.